The summed E-state index contributed by atoms with van der Waals surface area (Å²) >= 11 is 0. The van der Waals surface area contributed by atoms with E-state index in [0.29, 0.717) is 6.42 Å². The minimum absolute atomic E-state index is 0.110. The third-order valence-electron chi connectivity index (χ3n) is 2.75. The molecule has 2 rings (SSSR count). The van der Waals surface area contributed by atoms with Gasteiger partial charge in [0.05, 0.1) is 7.11 Å². The molecule has 14 heavy (non-hydrogen) atoms. The number of benzene rings is 1. The highest BCUT2D eigenvalue weighted by atomic mass is 16.6. The van der Waals surface area contributed by atoms with Crippen molar-refractivity contribution in [2.45, 2.75) is 18.1 Å². The molecule has 1 aliphatic carbocycles. The van der Waals surface area contributed by atoms with Gasteiger partial charge in [0.15, 0.2) is 5.79 Å². The molecule has 1 fully saturated rings. The molecule has 1 aliphatic rings. The quantitative estimate of drug-likeness (QED) is 0.741. The molecular weight excluding hydrogens is 180 g/mol. The molecule has 1 aromatic rings. The molecule has 1 aromatic carbocycles. The average Bonchev–Trinajstić information content (AvgIpc) is 2.92. The Bertz CT molecular complexity index is 320. The van der Waals surface area contributed by atoms with E-state index in [4.69, 9.17) is 9.47 Å². The molecule has 0 amide bonds. The van der Waals surface area contributed by atoms with Crippen LogP contribution in [0.1, 0.15) is 17.9 Å². The van der Waals surface area contributed by atoms with Crippen LogP contribution in [-0.2, 0) is 4.74 Å². The highest BCUT2D eigenvalue weighted by Crippen LogP contribution is 2.51. The van der Waals surface area contributed by atoms with Crippen LogP contribution in [0.4, 0.5) is 0 Å². The van der Waals surface area contributed by atoms with Crippen molar-refractivity contribution < 1.29 is 14.6 Å². The molecule has 3 nitrogen and oxygen atoms in total. The fourth-order valence-corrected chi connectivity index (χ4v) is 1.67. The molecule has 0 bridgehead atoms. The van der Waals surface area contributed by atoms with Gasteiger partial charge < -0.3 is 14.6 Å². The van der Waals surface area contributed by atoms with Crippen molar-refractivity contribution >= 4 is 0 Å². The molecule has 3 heteroatoms. The number of methoxy groups -OCH3 is 2. The fourth-order valence-electron chi connectivity index (χ4n) is 1.67. The molecule has 1 N–H and O–H groups in total. The first-order valence-corrected chi connectivity index (χ1v) is 4.61. The van der Waals surface area contributed by atoms with Crippen LogP contribution in [0.2, 0.25) is 0 Å². The first-order chi connectivity index (χ1) is 6.69. The van der Waals surface area contributed by atoms with Gasteiger partial charge in [0, 0.05) is 19.4 Å². The van der Waals surface area contributed by atoms with Crippen molar-refractivity contribution in [1.29, 1.82) is 0 Å². The van der Waals surface area contributed by atoms with Crippen molar-refractivity contribution in [1.82, 2.24) is 0 Å². The first-order valence-electron chi connectivity index (χ1n) is 4.61. The van der Waals surface area contributed by atoms with Crippen LogP contribution in [-0.4, -0.2) is 25.1 Å². The lowest BCUT2D eigenvalue weighted by molar-refractivity contribution is -0.105. The second-order valence-electron chi connectivity index (χ2n) is 3.58. The number of ether oxygens (including phenoxy) is 2. The maximum Gasteiger partial charge on any atom is 0.172 e. The van der Waals surface area contributed by atoms with Crippen LogP contribution in [0.3, 0.4) is 0 Å². The highest BCUT2D eigenvalue weighted by Gasteiger charge is 2.54. The molecule has 0 aliphatic heterocycles. The van der Waals surface area contributed by atoms with Gasteiger partial charge in [-0.1, -0.05) is 12.1 Å². The maximum absolute atomic E-state index is 9.72. The zero-order chi connectivity index (χ0) is 10.2. The molecule has 1 saturated carbocycles. The smallest absolute Gasteiger partial charge is 0.172 e. The van der Waals surface area contributed by atoms with Crippen LogP contribution in [0.25, 0.3) is 0 Å². The van der Waals surface area contributed by atoms with Gasteiger partial charge >= 0.3 is 0 Å². The lowest BCUT2D eigenvalue weighted by Gasteiger charge is -2.08. The van der Waals surface area contributed by atoms with Gasteiger partial charge in [-0.2, -0.15) is 0 Å². The van der Waals surface area contributed by atoms with Gasteiger partial charge in [-0.15, -0.1) is 0 Å². The average molecular weight is 194 g/mol. The van der Waals surface area contributed by atoms with Crippen molar-refractivity contribution in [3.8, 4) is 5.75 Å². The molecule has 76 valence electrons. The Morgan fingerprint density at radius 3 is 2.36 bits per heavy atom. The van der Waals surface area contributed by atoms with Crippen molar-refractivity contribution in [2.75, 3.05) is 14.2 Å². The van der Waals surface area contributed by atoms with E-state index in [1.54, 1.807) is 7.11 Å². The third-order valence-corrected chi connectivity index (χ3v) is 2.75. The van der Waals surface area contributed by atoms with E-state index in [-0.39, 0.29) is 5.92 Å². The number of aliphatic hydroxyl groups is 1. The summed E-state index contributed by atoms with van der Waals surface area (Å²) in [6.45, 7) is 0. The summed E-state index contributed by atoms with van der Waals surface area (Å²) in [5.41, 5.74) is 1.09. The van der Waals surface area contributed by atoms with Gasteiger partial charge in [-0.05, 0) is 17.7 Å². The first kappa shape index (κ1) is 9.49. The summed E-state index contributed by atoms with van der Waals surface area (Å²) < 4.78 is 10.1. The Kier molecular flexibility index (Phi) is 2.21. The fraction of sp³-hybridized carbons (Fsp3) is 0.455. The Hall–Kier alpha value is -1.06. The van der Waals surface area contributed by atoms with Crippen LogP contribution in [0, 0.1) is 0 Å². The summed E-state index contributed by atoms with van der Waals surface area (Å²) in [6, 6.07) is 7.70. The zero-order valence-corrected chi connectivity index (χ0v) is 8.36. The van der Waals surface area contributed by atoms with Gasteiger partial charge in [-0.25, -0.2) is 0 Å². The van der Waals surface area contributed by atoms with E-state index in [2.05, 4.69) is 0 Å². The predicted molar refractivity (Wildman–Crippen MR) is 52.3 cm³/mol. The number of rotatable bonds is 3. The lowest BCUT2D eigenvalue weighted by Crippen LogP contribution is -2.12. The van der Waals surface area contributed by atoms with Gasteiger partial charge in [0.1, 0.15) is 5.75 Å². The Balaban J connectivity index is 2.12. The van der Waals surface area contributed by atoms with E-state index >= 15 is 0 Å². The number of hydrogen-bond donors (Lipinski definition) is 1. The minimum Gasteiger partial charge on any atom is -0.497 e. The van der Waals surface area contributed by atoms with E-state index in [9.17, 15) is 5.11 Å². The van der Waals surface area contributed by atoms with Gasteiger partial charge in [-0.3, -0.25) is 0 Å². The summed E-state index contributed by atoms with van der Waals surface area (Å²) in [7, 11) is 3.17. The zero-order valence-electron chi connectivity index (χ0n) is 8.36. The van der Waals surface area contributed by atoms with Crippen LogP contribution < -0.4 is 4.74 Å². The summed E-state index contributed by atoms with van der Waals surface area (Å²) in [5, 5.41) is 9.72. The third kappa shape index (κ3) is 1.49. The molecule has 2 atom stereocenters. The standard InChI is InChI=1S/C11H14O3/c1-13-9-5-3-8(4-6-9)10-7-11(10,12)14-2/h3-6,10,12H,7H2,1-2H3/t10-,11-/m1/s1. The van der Waals surface area contributed by atoms with Crippen LogP contribution >= 0.6 is 0 Å². The molecule has 0 saturated heterocycles. The van der Waals surface area contributed by atoms with Crippen molar-refractivity contribution in [3.05, 3.63) is 29.8 Å². The highest BCUT2D eigenvalue weighted by molar-refractivity contribution is 5.34. The van der Waals surface area contributed by atoms with Gasteiger partial charge in [0.2, 0.25) is 0 Å². The topological polar surface area (TPSA) is 38.7 Å². The summed E-state index contributed by atoms with van der Waals surface area (Å²) in [6.07, 6.45) is 0.676. The summed E-state index contributed by atoms with van der Waals surface area (Å²) in [4.78, 5) is 0. The van der Waals surface area contributed by atoms with Gasteiger partial charge in [0.25, 0.3) is 0 Å². The minimum atomic E-state index is -0.936. The predicted octanol–water partition coefficient (Wildman–Crippen LogP) is 1.52. The van der Waals surface area contributed by atoms with E-state index in [1.807, 2.05) is 24.3 Å². The van der Waals surface area contributed by atoms with Crippen molar-refractivity contribution in [2.24, 2.45) is 0 Å². The second-order valence-corrected chi connectivity index (χ2v) is 3.58. The molecule has 0 radical (unpaired) electrons. The monoisotopic (exact) mass is 194 g/mol. The van der Waals surface area contributed by atoms with E-state index in [0.717, 1.165) is 11.3 Å². The molecule has 0 spiro atoms. The second kappa shape index (κ2) is 3.26. The maximum atomic E-state index is 9.72. The SMILES string of the molecule is COc1ccc([C@H]2C[C@@]2(O)OC)cc1. The molecular formula is C11H14O3. The molecule has 0 heterocycles. The Morgan fingerprint density at radius 1 is 1.29 bits per heavy atom. The van der Waals surface area contributed by atoms with Crippen LogP contribution in [0.5, 0.6) is 5.75 Å². The Morgan fingerprint density at radius 2 is 1.93 bits per heavy atom. The van der Waals surface area contributed by atoms with E-state index in [1.165, 1.54) is 7.11 Å². The van der Waals surface area contributed by atoms with E-state index < -0.39 is 5.79 Å². The Labute approximate surface area is 83.3 Å². The van der Waals surface area contributed by atoms with Crippen molar-refractivity contribution in [3.63, 3.8) is 0 Å². The van der Waals surface area contributed by atoms with Crippen LogP contribution in [0.15, 0.2) is 24.3 Å². The molecule has 0 aromatic heterocycles. The molecule has 0 unspecified atom stereocenters. The normalized spacial score (nSPS) is 30.1. The lowest BCUT2D eigenvalue weighted by atomic mass is 10.1. The largest absolute Gasteiger partial charge is 0.497 e. The summed E-state index contributed by atoms with van der Waals surface area (Å²) in [5.74, 6) is 0.00275. The number of hydrogen-bond acceptors (Lipinski definition) is 3.